The maximum absolute atomic E-state index is 16.8. The van der Waals surface area contributed by atoms with Gasteiger partial charge in [0.15, 0.2) is 36.2 Å². The van der Waals surface area contributed by atoms with Gasteiger partial charge in [-0.25, -0.2) is 9.59 Å². The molecule has 0 aromatic heterocycles. The van der Waals surface area contributed by atoms with Crippen molar-refractivity contribution in [3.63, 3.8) is 0 Å². The van der Waals surface area contributed by atoms with E-state index >= 15 is 28.8 Å². The minimum atomic E-state index is -2.50. The summed E-state index contributed by atoms with van der Waals surface area (Å²) in [5.41, 5.74) is 9.45. The van der Waals surface area contributed by atoms with Gasteiger partial charge in [-0.15, -0.1) is 0 Å². The summed E-state index contributed by atoms with van der Waals surface area (Å²) >= 11 is 21.0. The van der Waals surface area contributed by atoms with Crippen LogP contribution in [0.1, 0.15) is 137 Å². The van der Waals surface area contributed by atoms with Crippen molar-refractivity contribution >= 4 is 88.2 Å². The molecule has 8 amide bonds. The summed E-state index contributed by atoms with van der Waals surface area (Å²) in [6.07, 6.45) is -33.5. The van der Waals surface area contributed by atoms with Crippen LogP contribution in [0.2, 0.25) is 15.1 Å². The van der Waals surface area contributed by atoms with Crippen LogP contribution in [0, 0.1) is 5.92 Å². The second kappa shape index (κ2) is 45.3. The Morgan fingerprint density at radius 2 is 1.14 bits per heavy atom. The number of fused-ring (bicyclic) bond motifs is 15. The zero-order chi connectivity index (χ0) is 106. The number of aliphatic hydroxyl groups excluding tert-OH is 10. The molecule has 1 unspecified atom stereocenters. The molecule has 44 nitrogen and oxygen atoms in total. The molecule has 9 aliphatic rings. The number of hydrogen-bond acceptors (Lipinski definition) is 35. The number of benzene rings is 8. The maximum atomic E-state index is 16.8. The lowest BCUT2D eigenvalue weighted by atomic mass is 9.84. The molecule has 9 heterocycles. The highest BCUT2D eigenvalue weighted by molar-refractivity contribution is 6.32. The number of aromatic hydroxyl groups is 3. The van der Waals surface area contributed by atoms with Crippen molar-refractivity contribution in [1.82, 2.24) is 42.1 Å². The average Bonchev–Trinajstić information content (AvgIpc) is 0.798. The third-order valence-electron chi connectivity index (χ3n) is 26.7. The minimum Gasteiger partial charge on any atom is -0.508 e. The van der Waals surface area contributed by atoms with E-state index in [9.17, 15) is 85.9 Å². The van der Waals surface area contributed by atoms with Gasteiger partial charge in [0.25, 0.3) is 0 Å². The van der Waals surface area contributed by atoms with E-state index in [1.54, 1.807) is 39.8 Å². The average molecular weight is 2110 g/mol. The van der Waals surface area contributed by atoms with Crippen molar-refractivity contribution in [2.75, 3.05) is 20.3 Å². The van der Waals surface area contributed by atoms with Gasteiger partial charge >= 0.3 is 12.1 Å². The molecule has 25 N–H and O–H groups in total. The van der Waals surface area contributed by atoms with Crippen LogP contribution < -0.4 is 67.6 Å². The Labute approximate surface area is 854 Å². The molecule has 27 atom stereocenters. The van der Waals surface area contributed by atoms with Gasteiger partial charge in [0, 0.05) is 65.3 Å². The smallest absolute Gasteiger partial charge is 0.410 e. The van der Waals surface area contributed by atoms with Crippen molar-refractivity contribution in [2.24, 2.45) is 17.4 Å². The van der Waals surface area contributed by atoms with Gasteiger partial charge in [0.1, 0.15) is 132 Å². The highest BCUT2D eigenvalue weighted by atomic mass is 35.5. The van der Waals surface area contributed by atoms with Gasteiger partial charge < -0.3 is 172 Å². The summed E-state index contributed by atoms with van der Waals surface area (Å²) in [4.78, 5) is 139. The summed E-state index contributed by atoms with van der Waals surface area (Å²) in [6.45, 7) is 7.41. The van der Waals surface area contributed by atoms with Gasteiger partial charge in [0.05, 0.1) is 54.1 Å². The maximum Gasteiger partial charge on any atom is 0.410 e. The van der Waals surface area contributed by atoms with Crippen LogP contribution in [0.4, 0.5) is 4.79 Å². The van der Waals surface area contributed by atoms with Gasteiger partial charge in [-0.2, -0.15) is 0 Å². The molecule has 8 aromatic carbocycles. The molecule has 4 fully saturated rings. The van der Waals surface area contributed by atoms with Crippen molar-refractivity contribution in [3.8, 4) is 74.0 Å². The first-order valence-corrected chi connectivity index (χ1v) is 48.0. The number of carbonyl (C=O) groups excluding carboxylic acids is 8. The number of aliphatic hydroxyl groups is 10. The van der Waals surface area contributed by atoms with Crippen molar-refractivity contribution in [2.45, 2.75) is 244 Å². The Hall–Kier alpha value is -12.5. The number of primary amides is 1. The van der Waals surface area contributed by atoms with Crippen molar-refractivity contribution < 1.29 is 167 Å². The molecule has 0 radical (unpaired) electrons. The number of amides is 8. The molecule has 0 spiro atoms. The molecular weight excluding hydrogens is 1990 g/mol. The van der Waals surface area contributed by atoms with E-state index in [2.05, 4.69) is 37.2 Å². The number of carbonyl (C=O) groups is 9. The Morgan fingerprint density at radius 1 is 0.571 bits per heavy atom. The van der Waals surface area contributed by atoms with Gasteiger partial charge in [0.2, 0.25) is 59.7 Å². The Bertz CT molecular complexity index is 6220. The molecule has 0 saturated carbocycles. The lowest BCUT2D eigenvalue weighted by molar-refractivity contribution is -0.334. The highest BCUT2D eigenvalue weighted by Gasteiger charge is 2.54. The topological polar surface area (TPSA) is 678 Å². The van der Waals surface area contributed by atoms with E-state index in [0.29, 0.717) is 10.6 Å². The van der Waals surface area contributed by atoms with Gasteiger partial charge in [-0.1, -0.05) is 115 Å². The Balaban J connectivity index is 0.866. The summed E-state index contributed by atoms with van der Waals surface area (Å²) in [5, 5.41) is 177. The van der Waals surface area contributed by atoms with E-state index in [1.807, 2.05) is 36.4 Å². The quantitative estimate of drug-likeness (QED) is 0.0410. The number of aliphatic carboxylic acids is 1. The fourth-order valence-corrected chi connectivity index (χ4v) is 19.1. The molecule has 17 rings (SSSR count). The normalized spacial score (nSPS) is 30.1. The summed E-state index contributed by atoms with van der Waals surface area (Å²) < 4.78 is 70.0. The minimum absolute atomic E-state index is 0.0611. The standard InChI is InChI=1S/C100H113Cl3N10O34/c1-41(2)26-60(113(7)98(136)137-40-45-10-21-54(22-11-45)140-96-83(125)81(123)79(121)67(38-114)143-96)90(129)111-76-78(120)49-17-24-63(57(102)28-49)141-65-30-51-31-66(85(65)147-97-86(82(124)80(122)68(39-115)144-97)146-71-36-100(6,88(127)43(4)139-71)106-37-44-8-12-46(13-9-44)47-14-19-52(101)20-15-47)142-64-25-18-50(29-58(64)103)84(145-70-35-99(5,105)87(126)42(3)138-70)77-94(133)110-75(95(134)135)56-32-53(116)33-62(118)72(56)55-27-48(16-23-61(55)117)73(91(130)112-77)109-92(131)74(51)108-89(128)59(34-69(104)119)107-93(76)132/h8-25,27-33,41-43,59-60,67-68,70-71,73-84,86-88,96-97,106,114-118,120-127H,26,34-40,105H2,1-7H3,(H2,104,119)(H,107,132)(H,108,128)(H,109,131)(H,110,133)(H,111,129)(H,112,130)(H,134,135)/t42-,43-,59-,60+,67+,68+,70-,71-,73+,74+,75-,76+,77-,78+,79+,80+,81-,82-,83+,84+,86+,87-,88-,96+,97?,99-,100-/m0/s1. The second-order valence-electron chi connectivity index (χ2n) is 38.0. The number of halogens is 3. The van der Waals surface area contributed by atoms with Crippen LogP contribution in [0.15, 0.2) is 152 Å². The zero-order valence-corrected chi connectivity index (χ0v) is 82.0. The number of phenolic OH excluding ortho intramolecular Hbond substituents is 3. The molecular formula is C100H113Cl3N10O34. The predicted octanol–water partition coefficient (Wildman–Crippen LogP) is 3.72. The largest absolute Gasteiger partial charge is 0.508 e. The van der Waals surface area contributed by atoms with E-state index in [1.165, 1.54) is 51.2 Å². The van der Waals surface area contributed by atoms with E-state index in [4.69, 9.17) is 98.4 Å². The summed E-state index contributed by atoms with van der Waals surface area (Å²) in [7, 11) is 1.18. The number of rotatable bonds is 24. The molecule has 147 heavy (non-hydrogen) atoms. The van der Waals surface area contributed by atoms with Crippen LogP contribution >= 0.6 is 34.8 Å². The number of hydrogen-bond donors (Lipinski definition) is 23. The number of carboxylic acids is 1. The third kappa shape index (κ3) is 24.1. The summed E-state index contributed by atoms with van der Waals surface area (Å²) in [6, 6.07) is 18.2. The molecule has 0 aliphatic carbocycles. The van der Waals surface area contributed by atoms with E-state index < -0.39 is 333 Å². The number of nitrogens with zero attached hydrogens (tertiary/aromatic N) is 1. The first-order valence-electron chi connectivity index (χ1n) is 46.8. The van der Waals surface area contributed by atoms with Gasteiger partial charge in [-0.05, 0) is 163 Å². The van der Waals surface area contributed by atoms with Crippen molar-refractivity contribution in [3.05, 3.63) is 206 Å². The summed E-state index contributed by atoms with van der Waals surface area (Å²) in [5.74, 6) is -17.8. The lowest BCUT2D eigenvalue weighted by Gasteiger charge is -2.48. The van der Waals surface area contributed by atoms with Crippen LogP contribution in [0.5, 0.6) is 51.7 Å². The Kier molecular flexibility index (Phi) is 33.5. The first-order chi connectivity index (χ1) is 69.7. The number of nitrogens with one attached hydrogen (secondary N) is 7. The molecule has 4 saturated heterocycles. The fraction of sp³-hybridized carbons (Fsp3) is 0.430. The third-order valence-corrected chi connectivity index (χ3v) is 27.5. The van der Waals surface area contributed by atoms with E-state index in [0.717, 1.165) is 94.4 Å². The highest BCUT2D eigenvalue weighted by Crippen LogP contribution is 2.51. The Morgan fingerprint density at radius 3 is 1.76 bits per heavy atom. The van der Waals surface area contributed by atoms with Crippen LogP contribution in [-0.2, 0) is 84.7 Å². The molecule has 47 heteroatoms. The number of ether oxygens (including phenoxy) is 11. The monoisotopic (exact) mass is 2100 g/mol. The van der Waals surface area contributed by atoms with E-state index in [-0.39, 0.29) is 42.7 Å². The molecule has 11 bridgehead atoms. The first kappa shape index (κ1) is 109. The molecule has 8 aromatic rings. The zero-order valence-electron chi connectivity index (χ0n) is 79.8. The lowest BCUT2D eigenvalue weighted by Crippen LogP contribution is -2.65. The fourth-order valence-electron chi connectivity index (χ4n) is 18.6. The SMILES string of the molecule is CC(C)C[C@H](C(=O)N[C@H]1C(=O)N[C@@H](CC(N)=O)C(=O)N[C@H]2C(=O)N[C@H]3C(=O)N[C@H](C(=O)N[C@H](C(=O)O)c4cc(O)cc(O)c4-c4cc3ccc4O)[C@H](O[C@H]3C[C@](C)(N)[C@@H](O)[C@H](C)O3)c3ccc(c(Cl)c3)Oc3cc2cc(c3OC2O[C@H](CO)[C@@H](O)[C@H](O)[C@H]2O[C@H]2C[C@](C)(NCc3ccc(-c4ccc(Cl)cc4)cc3)[C@@H](O)[C@H](C)O2)Oc2ccc(cc2Cl)[C@H]1O)N(C)C(=O)OCc1ccc(O[C@@H]2O[C@H](CO)[C@@H](O)[C@H](O)[C@H]2O)cc1. The molecule has 788 valence electrons. The number of carboxylic acid groups (broad SMARTS) is 1. The van der Waals surface area contributed by atoms with Crippen LogP contribution in [0.25, 0.3) is 22.3 Å². The number of phenols is 3. The molecule has 9 aliphatic heterocycles. The van der Waals surface area contributed by atoms with Gasteiger partial charge in [-0.3, -0.25) is 38.5 Å². The predicted molar refractivity (Wildman–Crippen MR) is 515 cm³/mol. The van der Waals surface area contributed by atoms with Crippen LogP contribution in [0.3, 0.4) is 0 Å². The van der Waals surface area contributed by atoms with Crippen LogP contribution in [-0.4, -0.2) is 284 Å². The second-order valence-corrected chi connectivity index (χ2v) is 39.3. The van der Waals surface area contributed by atoms with Crippen molar-refractivity contribution in [1.29, 1.82) is 0 Å². The number of nitrogens with two attached hydrogens (primary N) is 2. The number of likely N-dealkylation sites (N-methyl/N-ethyl adjacent to an activating group) is 1.